The lowest BCUT2D eigenvalue weighted by Crippen LogP contribution is -2.55. The lowest BCUT2D eigenvalue weighted by atomic mass is 10.1. The number of aromatic nitrogens is 1. The van der Waals surface area contributed by atoms with Crippen LogP contribution in [-0.2, 0) is 6.54 Å². The number of fused-ring (bicyclic) bond motifs is 1. The van der Waals surface area contributed by atoms with Crippen LogP contribution in [0.2, 0.25) is 0 Å². The normalized spacial score (nSPS) is 17.3. The van der Waals surface area contributed by atoms with E-state index in [9.17, 15) is 9.59 Å². The zero-order valence-corrected chi connectivity index (χ0v) is 17.3. The molecule has 1 aliphatic heterocycles. The van der Waals surface area contributed by atoms with Gasteiger partial charge in [-0.15, -0.1) is 11.3 Å². The SMILES string of the molecule is CCn1c(C(=O)N2CCN(C(=O)c3ccccc3C)[C@@H](C)C2)cc2ccsc21. The molecule has 1 aromatic carbocycles. The van der Waals surface area contributed by atoms with Gasteiger partial charge in [-0.05, 0) is 49.9 Å². The van der Waals surface area contributed by atoms with Crippen LogP contribution in [0.25, 0.3) is 10.2 Å². The van der Waals surface area contributed by atoms with E-state index in [-0.39, 0.29) is 17.9 Å². The van der Waals surface area contributed by atoms with Crippen LogP contribution in [0.4, 0.5) is 0 Å². The molecule has 3 heterocycles. The molecule has 0 aliphatic carbocycles. The second-order valence-corrected chi connectivity index (χ2v) is 8.26. The van der Waals surface area contributed by atoms with Gasteiger partial charge in [-0.2, -0.15) is 0 Å². The van der Waals surface area contributed by atoms with Crippen molar-refractivity contribution in [3.05, 3.63) is 58.6 Å². The average molecular weight is 396 g/mol. The van der Waals surface area contributed by atoms with E-state index in [2.05, 4.69) is 22.9 Å². The first-order valence-electron chi connectivity index (χ1n) is 9.74. The molecule has 1 aliphatic rings. The Labute approximate surface area is 169 Å². The topological polar surface area (TPSA) is 45.6 Å². The Kier molecular flexibility index (Phi) is 4.98. The predicted molar refractivity (Wildman–Crippen MR) is 113 cm³/mol. The van der Waals surface area contributed by atoms with Gasteiger partial charge in [0.1, 0.15) is 10.5 Å². The number of benzene rings is 1. The molecule has 5 nitrogen and oxygen atoms in total. The number of carbonyl (C=O) groups excluding carboxylic acids is 2. The summed E-state index contributed by atoms with van der Waals surface area (Å²) in [6.07, 6.45) is 0. The smallest absolute Gasteiger partial charge is 0.270 e. The Hall–Kier alpha value is -2.60. The molecule has 0 saturated carbocycles. The van der Waals surface area contributed by atoms with E-state index in [1.165, 1.54) is 0 Å². The second-order valence-electron chi connectivity index (χ2n) is 7.37. The van der Waals surface area contributed by atoms with Gasteiger partial charge in [0, 0.05) is 43.2 Å². The largest absolute Gasteiger partial charge is 0.334 e. The van der Waals surface area contributed by atoms with Crippen LogP contribution in [0.15, 0.2) is 41.8 Å². The molecule has 3 aromatic rings. The maximum absolute atomic E-state index is 13.2. The third-order valence-electron chi connectivity index (χ3n) is 5.59. The van der Waals surface area contributed by atoms with Crippen molar-refractivity contribution in [1.82, 2.24) is 14.4 Å². The monoisotopic (exact) mass is 395 g/mol. The quantitative estimate of drug-likeness (QED) is 0.672. The van der Waals surface area contributed by atoms with Crippen LogP contribution in [0.3, 0.4) is 0 Å². The molecule has 2 amide bonds. The molecule has 28 heavy (non-hydrogen) atoms. The highest BCUT2D eigenvalue weighted by atomic mass is 32.1. The summed E-state index contributed by atoms with van der Waals surface area (Å²) in [5, 5.41) is 3.18. The Morgan fingerprint density at radius 3 is 2.64 bits per heavy atom. The summed E-state index contributed by atoms with van der Waals surface area (Å²) in [7, 11) is 0. The number of hydrogen-bond donors (Lipinski definition) is 0. The van der Waals surface area contributed by atoms with E-state index in [0.717, 1.165) is 33.6 Å². The molecule has 0 unspecified atom stereocenters. The first kappa shape index (κ1) is 18.7. The molecule has 4 rings (SSSR count). The van der Waals surface area contributed by atoms with Crippen molar-refractivity contribution < 1.29 is 9.59 Å². The van der Waals surface area contributed by atoms with E-state index < -0.39 is 0 Å². The highest BCUT2D eigenvalue weighted by Gasteiger charge is 2.32. The van der Waals surface area contributed by atoms with Gasteiger partial charge in [-0.1, -0.05) is 18.2 Å². The van der Waals surface area contributed by atoms with Crippen molar-refractivity contribution in [2.24, 2.45) is 0 Å². The number of rotatable bonds is 3. The van der Waals surface area contributed by atoms with Crippen molar-refractivity contribution in [3.8, 4) is 0 Å². The van der Waals surface area contributed by atoms with Crippen LogP contribution < -0.4 is 0 Å². The summed E-state index contributed by atoms with van der Waals surface area (Å²) < 4.78 is 2.10. The fourth-order valence-corrected chi connectivity index (χ4v) is 5.00. The summed E-state index contributed by atoms with van der Waals surface area (Å²) in [5.41, 5.74) is 2.48. The lowest BCUT2D eigenvalue weighted by molar-refractivity contribution is 0.0409. The molecule has 1 atom stereocenters. The maximum atomic E-state index is 13.2. The molecule has 1 fully saturated rings. The van der Waals surface area contributed by atoms with E-state index >= 15 is 0 Å². The molecule has 2 aromatic heterocycles. The van der Waals surface area contributed by atoms with Gasteiger partial charge in [0.05, 0.1) is 0 Å². The minimum Gasteiger partial charge on any atom is -0.334 e. The number of carbonyl (C=O) groups is 2. The second kappa shape index (κ2) is 7.43. The summed E-state index contributed by atoms with van der Waals surface area (Å²) in [6.45, 7) is 8.49. The number of thiophene rings is 1. The van der Waals surface area contributed by atoms with Crippen LogP contribution in [-0.4, -0.2) is 51.9 Å². The van der Waals surface area contributed by atoms with Crippen molar-refractivity contribution in [3.63, 3.8) is 0 Å². The molecule has 0 N–H and O–H groups in total. The minimum absolute atomic E-state index is 0.0176. The number of piperazine rings is 1. The lowest BCUT2D eigenvalue weighted by Gasteiger charge is -2.40. The summed E-state index contributed by atoms with van der Waals surface area (Å²) in [4.78, 5) is 31.1. The van der Waals surface area contributed by atoms with E-state index in [4.69, 9.17) is 0 Å². The van der Waals surface area contributed by atoms with Gasteiger partial charge in [0.2, 0.25) is 0 Å². The van der Waals surface area contributed by atoms with Gasteiger partial charge < -0.3 is 14.4 Å². The number of amides is 2. The Morgan fingerprint density at radius 2 is 1.93 bits per heavy atom. The molecule has 6 heteroatoms. The van der Waals surface area contributed by atoms with Crippen molar-refractivity contribution in [2.45, 2.75) is 33.4 Å². The maximum Gasteiger partial charge on any atom is 0.270 e. The first-order chi connectivity index (χ1) is 13.5. The van der Waals surface area contributed by atoms with Gasteiger partial charge in [-0.25, -0.2) is 0 Å². The number of nitrogens with zero attached hydrogens (tertiary/aromatic N) is 3. The zero-order valence-electron chi connectivity index (χ0n) is 16.5. The van der Waals surface area contributed by atoms with E-state index in [0.29, 0.717) is 19.6 Å². The van der Waals surface area contributed by atoms with Gasteiger partial charge in [-0.3, -0.25) is 9.59 Å². The fourth-order valence-electron chi connectivity index (χ4n) is 4.04. The standard InChI is InChI=1S/C22H25N3O2S/c1-4-24-19(13-17-9-12-28-22(17)24)21(27)23-10-11-25(16(3)14-23)20(26)18-8-6-5-7-15(18)2/h5-9,12-13,16H,4,10-11,14H2,1-3H3/t16-/m0/s1. The Morgan fingerprint density at radius 1 is 1.14 bits per heavy atom. The van der Waals surface area contributed by atoms with Crippen molar-refractivity contribution >= 4 is 33.4 Å². The van der Waals surface area contributed by atoms with Crippen LogP contribution >= 0.6 is 11.3 Å². The molecular weight excluding hydrogens is 370 g/mol. The predicted octanol–water partition coefficient (Wildman–Crippen LogP) is 4.02. The molecule has 0 bridgehead atoms. The van der Waals surface area contributed by atoms with Gasteiger partial charge in [0.25, 0.3) is 11.8 Å². The van der Waals surface area contributed by atoms with E-state index in [1.807, 2.05) is 54.0 Å². The van der Waals surface area contributed by atoms with E-state index in [1.54, 1.807) is 11.3 Å². The highest BCUT2D eigenvalue weighted by molar-refractivity contribution is 7.16. The first-order valence-corrected chi connectivity index (χ1v) is 10.6. The van der Waals surface area contributed by atoms with Crippen LogP contribution in [0, 0.1) is 6.92 Å². The van der Waals surface area contributed by atoms with Crippen LogP contribution in [0.1, 0.15) is 40.3 Å². The summed E-state index contributed by atoms with van der Waals surface area (Å²) in [6, 6.07) is 11.7. The minimum atomic E-state index is -0.0176. The molecular formula is C22H25N3O2S. The Bertz CT molecular complexity index is 1040. The molecule has 0 radical (unpaired) electrons. The molecule has 1 saturated heterocycles. The van der Waals surface area contributed by atoms with Gasteiger partial charge >= 0.3 is 0 Å². The average Bonchev–Trinajstić information content (AvgIpc) is 3.28. The zero-order chi connectivity index (χ0) is 19.8. The van der Waals surface area contributed by atoms with Crippen molar-refractivity contribution in [1.29, 1.82) is 0 Å². The Balaban J connectivity index is 1.52. The highest BCUT2D eigenvalue weighted by Crippen LogP contribution is 2.27. The summed E-state index contributed by atoms with van der Waals surface area (Å²) in [5.74, 6) is 0.107. The molecule has 146 valence electrons. The third-order valence-corrected chi connectivity index (χ3v) is 6.54. The summed E-state index contributed by atoms with van der Waals surface area (Å²) >= 11 is 1.67. The van der Waals surface area contributed by atoms with Crippen LogP contribution in [0.5, 0.6) is 0 Å². The number of aryl methyl sites for hydroxylation is 2. The molecule has 0 spiro atoms. The van der Waals surface area contributed by atoms with Gasteiger partial charge in [0.15, 0.2) is 0 Å². The number of hydrogen-bond acceptors (Lipinski definition) is 3. The fraction of sp³-hybridized carbons (Fsp3) is 0.364. The third kappa shape index (κ3) is 3.11. The van der Waals surface area contributed by atoms with Crippen molar-refractivity contribution in [2.75, 3.05) is 19.6 Å².